The molecule has 2 heterocycles. The third-order valence-electron chi connectivity index (χ3n) is 3.50. The van der Waals surface area contributed by atoms with Crippen LogP contribution >= 0.6 is 11.8 Å². The molecule has 1 aromatic carbocycles. The summed E-state index contributed by atoms with van der Waals surface area (Å²) in [7, 11) is 0. The summed E-state index contributed by atoms with van der Waals surface area (Å²) in [6.45, 7) is 5.07. The van der Waals surface area contributed by atoms with Gasteiger partial charge in [0.1, 0.15) is 5.82 Å². The van der Waals surface area contributed by atoms with Gasteiger partial charge in [-0.05, 0) is 48.5 Å². The van der Waals surface area contributed by atoms with E-state index in [0.717, 1.165) is 28.5 Å². The maximum absolute atomic E-state index is 12.8. The quantitative estimate of drug-likeness (QED) is 0.518. The molecule has 24 heavy (non-hydrogen) atoms. The van der Waals surface area contributed by atoms with E-state index in [1.54, 1.807) is 28.6 Å². The van der Waals surface area contributed by atoms with Gasteiger partial charge in [-0.15, -0.1) is 16.9 Å². The van der Waals surface area contributed by atoms with E-state index in [9.17, 15) is 4.39 Å². The van der Waals surface area contributed by atoms with Gasteiger partial charge in [0.25, 0.3) is 5.88 Å². The van der Waals surface area contributed by atoms with Crippen molar-refractivity contribution in [2.24, 2.45) is 0 Å². The fourth-order valence-electron chi connectivity index (χ4n) is 2.05. The van der Waals surface area contributed by atoms with Gasteiger partial charge in [0.05, 0.1) is 12.2 Å². The first-order valence-electron chi connectivity index (χ1n) is 7.44. The van der Waals surface area contributed by atoms with Crippen molar-refractivity contribution < 1.29 is 8.91 Å². The maximum atomic E-state index is 12.8. The molecule has 9 heteroatoms. The number of benzene rings is 1. The van der Waals surface area contributed by atoms with Crippen molar-refractivity contribution in [3.8, 4) is 5.88 Å². The van der Waals surface area contributed by atoms with Crippen LogP contribution in [0.15, 0.2) is 33.7 Å². The molecule has 0 bridgehead atoms. The fraction of sp³-hybridized carbons (Fsp3) is 0.333. The molecule has 0 unspecified atom stereocenters. The molecule has 0 amide bonds. The summed E-state index contributed by atoms with van der Waals surface area (Å²) in [5.41, 5.74) is 1.73. The summed E-state index contributed by atoms with van der Waals surface area (Å²) in [6, 6.07) is 6.47. The highest BCUT2D eigenvalue weighted by atomic mass is 32.2. The van der Waals surface area contributed by atoms with Crippen LogP contribution in [-0.4, -0.2) is 37.7 Å². The van der Waals surface area contributed by atoms with Gasteiger partial charge < -0.3 is 9.84 Å². The first-order chi connectivity index (χ1) is 11.6. The van der Waals surface area contributed by atoms with Crippen LogP contribution < -0.4 is 5.32 Å². The van der Waals surface area contributed by atoms with Crippen LogP contribution in [0.2, 0.25) is 0 Å². The smallest absolute Gasteiger partial charge is 0.257 e. The molecule has 0 spiro atoms. The second-order valence-corrected chi connectivity index (χ2v) is 6.35. The molecule has 0 aliphatic carbocycles. The Hall–Kier alpha value is -2.26. The minimum absolute atomic E-state index is 0.220. The second-order valence-electron chi connectivity index (χ2n) is 5.18. The van der Waals surface area contributed by atoms with E-state index >= 15 is 0 Å². The van der Waals surface area contributed by atoms with E-state index < -0.39 is 0 Å². The first-order valence-corrected chi connectivity index (χ1v) is 8.43. The number of hydrogen-bond acceptors (Lipinski definition) is 7. The molecule has 0 fully saturated rings. The Balaban J connectivity index is 1.50. The lowest BCUT2D eigenvalue weighted by atomic mass is 10.3. The Morgan fingerprint density at radius 1 is 1.25 bits per heavy atom. The summed E-state index contributed by atoms with van der Waals surface area (Å²) < 4.78 is 19.7. The normalized spacial score (nSPS) is 11.1. The zero-order chi connectivity index (χ0) is 16.9. The van der Waals surface area contributed by atoms with Gasteiger partial charge in [-0.3, -0.25) is 0 Å². The van der Waals surface area contributed by atoms with Crippen LogP contribution in [0.3, 0.4) is 0 Å². The number of thioether (sulfide) groups is 1. The van der Waals surface area contributed by atoms with Crippen molar-refractivity contribution in [2.75, 3.05) is 12.3 Å². The topological polar surface area (TPSA) is 81.7 Å². The van der Waals surface area contributed by atoms with Crippen LogP contribution in [-0.2, 0) is 6.54 Å². The number of nitrogens with one attached hydrogen (secondary N) is 1. The van der Waals surface area contributed by atoms with Crippen molar-refractivity contribution in [1.29, 1.82) is 0 Å². The highest BCUT2D eigenvalue weighted by Gasteiger charge is 2.16. The fourth-order valence-corrected chi connectivity index (χ4v) is 2.86. The highest BCUT2D eigenvalue weighted by Crippen LogP contribution is 2.18. The van der Waals surface area contributed by atoms with Crippen molar-refractivity contribution in [3.05, 3.63) is 47.2 Å². The molecular formula is C15H17FN6OS. The number of halogens is 1. The Morgan fingerprint density at radius 3 is 2.75 bits per heavy atom. The van der Waals surface area contributed by atoms with Crippen LogP contribution in [0.25, 0.3) is 5.88 Å². The minimum Gasteiger partial charge on any atom is -0.336 e. The van der Waals surface area contributed by atoms with Gasteiger partial charge in [0.15, 0.2) is 5.82 Å². The zero-order valence-electron chi connectivity index (χ0n) is 13.4. The predicted octanol–water partition coefficient (Wildman–Crippen LogP) is 2.29. The first kappa shape index (κ1) is 16.6. The van der Waals surface area contributed by atoms with E-state index in [2.05, 4.69) is 26.0 Å². The Kier molecular flexibility index (Phi) is 5.21. The molecule has 1 N–H and O–H groups in total. The largest absolute Gasteiger partial charge is 0.336 e. The Bertz CT molecular complexity index is 801. The summed E-state index contributed by atoms with van der Waals surface area (Å²) in [5, 5.41) is 18.9. The van der Waals surface area contributed by atoms with Gasteiger partial charge in [-0.25, -0.2) is 4.39 Å². The molecule has 2 aromatic heterocycles. The molecular weight excluding hydrogens is 331 g/mol. The average Bonchev–Trinajstić information content (AvgIpc) is 3.16. The number of tetrazole rings is 1. The van der Waals surface area contributed by atoms with Gasteiger partial charge in [0, 0.05) is 22.8 Å². The number of aromatic nitrogens is 5. The molecule has 7 nitrogen and oxygen atoms in total. The molecule has 0 atom stereocenters. The standard InChI is InChI=1S/C15H17FN6OS/c1-10-11(2)19-23-15(10)22-14(18-20-21-22)9-17-7-8-24-13-5-3-12(16)4-6-13/h3-6,17H,7-9H2,1-2H3. The number of hydrogen-bond donors (Lipinski definition) is 1. The van der Waals surface area contributed by atoms with E-state index in [4.69, 9.17) is 4.52 Å². The lowest BCUT2D eigenvalue weighted by molar-refractivity contribution is 0.388. The lowest BCUT2D eigenvalue weighted by Crippen LogP contribution is -2.19. The molecule has 0 saturated carbocycles. The number of aryl methyl sites for hydroxylation is 1. The molecule has 3 aromatic rings. The zero-order valence-corrected chi connectivity index (χ0v) is 14.2. The van der Waals surface area contributed by atoms with Crippen LogP contribution in [0.5, 0.6) is 0 Å². The summed E-state index contributed by atoms with van der Waals surface area (Å²) in [6.07, 6.45) is 0. The third kappa shape index (κ3) is 3.80. The maximum Gasteiger partial charge on any atom is 0.257 e. The average molecular weight is 348 g/mol. The highest BCUT2D eigenvalue weighted by molar-refractivity contribution is 7.99. The van der Waals surface area contributed by atoms with Crippen LogP contribution in [0.1, 0.15) is 17.1 Å². The molecule has 0 aliphatic rings. The molecule has 0 radical (unpaired) electrons. The van der Waals surface area contributed by atoms with Gasteiger partial charge in [0.2, 0.25) is 0 Å². The van der Waals surface area contributed by atoms with E-state index in [-0.39, 0.29) is 5.82 Å². The van der Waals surface area contributed by atoms with Gasteiger partial charge in [-0.2, -0.15) is 4.68 Å². The SMILES string of the molecule is Cc1noc(-n2nnnc2CNCCSc2ccc(F)cc2)c1C. The van der Waals surface area contributed by atoms with Crippen molar-refractivity contribution >= 4 is 11.8 Å². The monoisotopic (exact) mass is 348 g/mol. The molecule has 0 saturated heterocycles. The molecule has 0 aliphatic heterocycles. The second kappa shape index (κ2) is 7.54. The van der Waals surface area contributed by atoms with Gasteiger partial charge >= 0.3 is 0 Å². The third-order valence-corrected chi connectivity index (χ3v) is 4.52. The number of nitrogens with zero attached hydrogens (tertiary/aromatic N) is 5. The summed E-state index contributed by atoms with van der Waals surface area (Å²) in [4.78, 5) is 1.04. The minimum atomic E-state index is -0.220. The van der Waals surface area contributed by atoms with Crippen molar-refractivity contribution in [2.45, 2.75) is 25.3 Å². The van der Waals surface area contributed by atoms with Crippen molar-refractivity contribution in [3.63, 3.8) is 0 Å². The summed E-state index contributed by atoms with van der Waals surface area (Å²) >= 11 is 1.66. The van der Waals surface area contributed by atoms with E-state index in [1.807, 2.05) is 13.8 Å². The molecule has 3 rings (SSSR count). The van der Waals surface area contributed by atoms with Crippen LogP contribution in [0.4, 0.5) is 4.39 Å². The Labute approximate surface area is 142 Å². The van der Waals surface area contributed by atoms with E-state index in [1.165, 1.54) is 12.1 Å². The number of rotatable bonds is 7. The van der Waals surface area contributed by atoms with Crippen LogP contribution in [0, 0.1) is 19.7 Å². The van der Waals surface area contributed by atoms with Gasteiger partial charge in [-0.1, -0.05) is 5.16 Å². The summed E-state index contributed by atoms with van der Waals surface area (Å²) in [5.74, 6) is 1.83. The van der Waals surface area contributed by atoms with E-state index in [0.29, 0.717) is 18.3 Å². The lowest BCUT2D eigenvalue weighted by Gasteiger charge is -2.05. The molecule has 126 valence electrons. The predicted molar refractivity (Wildman–Crippen MR) is 87.5 cm³/mol. The van der Waals surface area contributed by atoms with Crippen molar-refractivity contribution in [1.82, 2.24) is 30.7 Å². The Morgan fingerprint density at radius 2 is 2.04 bits per heavy atom.